The number of thiophene rings is 1. The zero-order chi connectivity index (χ0) is 10.4. The van der Waals surface area contributed by atoms with E-state index in [0.717, 1.165) is 10.4 Å². The summed E-state index contributed by atoms with van der Waals surface area (Å²) >= 11 is 2.20. The van der Waals surface area contributed by atoms with Gasteiger partial charge in [-0.15, -0.1) is 0 Å². The first-order valence-corrected chi connectivity index (χ1v) is 8.66. The molecule has 0 fully saturated rings. The normalized spacial score (nSPS) is 14.8. The molecule has 0 radical (unpaired) electrons. The molecular formula is C12H10OSSn. The second-order valence-corrected chi connectivity index (χ2v) is 7.98. The molecule has 3 rings (SSSR count). The van der Waals surface area contributed by atoms with E-state index < -0.39 is 0 Å². The second-order valence-electron chi connectivity index (χ2n) is 3.82. The number of ketones is 1. The van der Waals surface area contributed by atoms with Gasteiger partial charge in [-0.25, -0.2) is 0 Å². The van der Waals surface area contributed by atoms with Crippen LogP contribution in [0.2, 0.25) is 0 Å². The molecule has 2 aromatic rings. The average Bonchev–Trinajstić information content (AvgIpc) is 2.58. The van der Waals surface area contributed by atoms with Crippen LogP contribution in [0.1, 0.15) is 21.7 Å². The van der Waals surface area contributed by atoms with Gasteiger partial charge in [-0.1, -0.05) is 0 Å². The van der Waals surface area contributed by atoms with Crippen LogP contribution in [0.5, 0.6) is 0 Å². The minimum atomic E-state index is 0.291. The predicted octanol–water partition coefficient (Wildman–Crippen LogP) is 1.49. The van der Waals surface area contributed by atoms with Gasteiger partial charge in [0, 0.05) is 0 Å². The standard InChI is InChI=1S/C12H7OS.Sn.3H/c13-9-5-3-7-11-12(9)8-4-1-2-6-10(8)14-11;;;;/h1-3,6-7H,5H2;;;;. The average molecular weight is 321 g/mol. The molecule has 1 aromatic heterocycles. The van der Waals surface area contributed by atoms with Crippen LogP contribution in [0.15, 0.2) is 24.3 Å². The summed E-state index contributed by atoms with van der Waals surface area (Å²) in [5.41, 5.74) is 0.993. The van der Waals surface area contributed by atoms with Gasteiger partial charge in [0.15, 0.2) is 0 Å². The molecule has 0 amide bonds. The monoisotopic (exact) mass is 322 g/mol. The Bertz CT molecular complexity index is 595. The first kappa shape index (κ1) is 9.60. The number of allylic oxidation sites excluding steroid dienone is 1. The molecular weight excluding hydrogens is 311 g/mol. The molecule has 1 aliphatic carbocycles. The molecule has 1 aromatic carbocycles. The van der Waals surface area contributed by atoms with Gasteiger partial charge < -0.3 is 0 Å². The van der Waals surface area contributed by atoms with Crippen molar-refractivity contribution < 1.29 is 4.79 Å². The fourth-order valence-corrected chi connectivity index (χ4v) is 5.89. The number of carbonyl (C=O) groups is 1. The van der Waals surface area contributed by atoms with Crippen molar-refractivity contribution in [3.63, 3.8) is 0 Å². The van der Waals surface area contributed by atoms with E-state index in [9.17, 15) is 4.79 Å². The van der Waals surface area contributed by atoms with Crippen LogP contribution < -0.4 is 3.58 Å². The van der Waals surface area contributed by atoms with Crippen molar-refractivity contribution in [2.24, 2.45) is 0 Å². The molecule has 0 bridgehead atoms. The van der Waals surface area contributed by atoms with Crippen LogP contribution in [0.4, 0.5) is 0 Å². The van der Waals surface area contributed by atoms with Crippen LogP contribution >= 0.6 is 11.3 Å². The fourth-order valence-electron chi connectivity index (χ4n) is 2.11. The fraction of sp³-hybridized carbons (Fsp3) is 0.0833. The number of fused-ring (bicyclic) bond motifs is 3. The number of Topliss-reactive ketones (excluding diaryl/α,β-unsaturated/α-hetero) is 1. The number of hydrogen-bond acceptors (Lipinski definition) is 2. The molecule has 0 spiro atoms. The molecule has 0 N–H and O–H groups in total. The van der Waals surface area contributed by atoms with Gasteiger partial charge in [-0.3, -0.25) is 0 Å². The first-order valence-electron chi connectivity index (χ1n) is 4.99. The zero-order valence-corrected chi connectivity index (χ0v) is 14.9. The van der Waals surface area contributed by atoms with E-state index in [1.165, 1.54) is 13.7 Å². The second kappa shape index (κ2) is 3.45. The third-order valence-electron chi connectivity index (χ3n) is 2.80. The van der Waals surface area contributed by atoms with Gasteiger partial charge in [-0.05, 0) is 0 Å². The minimum absolute atomic E-state index is 0.291. The third kappa shape index (κ3) is 1.39. The van der Waals surface area contributed by atoms with E-state index in [1.807, 2.05) is 6.08 Å². The predicted molar refractivity (Wildman–Crippen MR) is 69.4 cm³/mol. The summed E-state index contributed by atoms with van der Waals surface area (Å²) in [6.07, 6.45) is 4.64. The van der Waals surface area contributed by atoms with Gasteiger partial charge >= 0.3 is 105 Å². The molecule has 0 unspecified atom stereocenters. The molecule has 0 atom stereocenters. The zero-order valence-electron chi connectivity index (χ0n) is 8.41. The van der Waals surface area contributed by atoms with Crippen molar-refractivity contribution in [1.82, 2.24) is 0 Å². The molecule has 1 aliphatic rings. The molecule has 1 nitrogen and oxygen atoms in total. The van der Waals surface area contributed by atoms with Crippen LogP contribution in [-0.4, -0.2) is 28.3 Å². The third-order valence-corrected chi connectivity index (χ3v) is 6.30. The summed E-state index contributed by atoms with van der Waals surface area (Å²) in [6.45, 7) is 0. The Labute approximate surface area is 105 Å². The molecule has 0 saturated carbocycles. The Morgan fingerprint density at radius 1 is 1.33 bits per heavy atom. The maximum absolute atomic E-state index is 11.9. The van der Waals surface area contributed by atoms with Gasteiger partial charge in [-0.2, -0.15) is 0 Å². The molecule has 0 saturated heterocycles. The van der Waals surface area contributed by atoms with Gasteiger partial charge in [0.2, 0.25) is 0 Å². The van der Waals surface area contributed by atoms with E-state index in [4.69, 9.17) is 0 Å². The van der Waals surface area contributed by atoms with Crippen LogP contribution in [-0.2, 0) is 0 Å². The Morgan fingerprint density at radius 3 is 3.07 bits per heavy atom. The summed E-state index contributed by atoms with van der Waals surface area (Å²) in [7, 11) is 0. The molecule has 3 heteroatoms. The Hall–Kier alpha value is -0.611. The number of hydrogen-bond donors (Lipinski definition) is 0. The summed E-state index contributed by atoms with van der Waals surface area (Å²) in [5.74, 6) is 0.291. The summed E-state index contributed by atoms with van der Waals surface area (Å²) in [4.78, 5) is 13.0. The Kier molecular flexibility index (Phi) is 2.21. The van der Waals surface area contributed by atoms with Crippen LogP contribution in [0, 0.1) is 0 Å². The summed E-state index contributed by atoms with van der Waals surface area (Å²) < 4.78 is 2.69. The molecule has 0 aliphatic heterocycles. The van der Waals surface area contributed by atoms with Crippen molar-refractivity contribution in [2.45, 2.75) is 6.42 Å². The molecule has 1 heterocycles. The van der Waals surface area contributed by atoms with Crippen molar-refractivity contribution in [3.8, 4) is 0 Å². The topological polar surface area (TPSA) is 17.1 Å². The van der Waals surface area contributed by atoms with E-state index in [0.29, 0.717) is 34.7 Å². The van der Waals surface area contributed by atoms with Crippen LogP contribution in [0.3, 0.4) is 0 Å². The van der Waals surface area contributed by atoms with Crippen molar-refractivity contribution >= 4 is 59.4 Å². The van der Waals surface area contributed by atoms with Gasteiger partial charge in [0.05, 0.1) is 0 Å². The number of rotatable bonds is 0. The Morgan fingerprint density at radius 2 is 2.20 bits per heavy atom. The van der Waals surface area contributed by atoms with Crippen molar-refractivity contribution in [2.75, 3.05) is 0 Å². The quantitative estimate of drug-likeness (QED) is 0.672. The summed E-state index contributed by atoms with van der Waals surface area (Å²) in [5, 5.41) is 1.25. The first-order chi connectivity index (χ1) is 7.27. The van der Waals surface area contributed by atoms with Crippen LogP contribution in [0.25, 0.3) is 16.2 Å². The number of benzene rings is 1. The summed E-state index contributed by atoms with van der Waals surface area (Å²) in [6, 6.07) is 6.39. The SMILES string of the molecule is O=C1CC=Cc2sc3ccc[c]([SnH3])c3c21. The van der Waals surface area contributed by atoms with E-state index in [2.05, 4.69) is 24.3 Å². The molecule has 15 heavy (non-hydrogen) atoms. The van der Waals surface area contributed by atoms with E-state index in [1.54, 1.807) is 11.3 Å². The van der Waals surface area contributed by atoms with Gasteiger partial charge in [0.25, 0.3) is 0 Å². The van der Waals surface area contributed by atoms with Crippen molar-refractivity contribution in [1.29, 1.82) is 0 Å². The van der Waals surface area contributed by atoms with E-state index >= 15 is 0 Å². The van der Waals surface area contributed by atoms with E-state index in [-0.39, 0.29) is 0 Å². The maximum atomic E-state index is 11.9. The van der Waals surface area contributed by atoms with Gasteiger partial charge in [0.1, 0.15) is 0 Å². The number of carbonyl (C=O) groups excluding carboxylic acids is 1. The Balaban J connectivity index is 2.50. The molecule has 74 valence electrons. The van der Waals surface area contributed by atoms with Crippen molar-refractivity contribution in [3.05, 3.63) is 34.7 Å².